The van der Waals surface area contributed by atoms with Gasteiger partial charge in [-0.05, 0) is 35.2 Å². The van der Waals surface area contributed by atoms with Crippen LogP contribution in [0.15, 0.2) is 42.5 Å². The number of hydrogen-bond acceptors (Lipinski definition) is 3. The molecule has 3 heteroatoms. The summed E-state index contributed by atoms with van der Waals surface area (Å²) in [7, 11) is 0. The second kappa shape index (κ2) is 4.28. The van der Waals surface area contributed by atoms with Crippen LogP contribution in [0.2, 0.25) is 0 Å². The van der Waals surface area contributed by atoms with E-state index in [0.717, 1.165) is 24.5 Å². The van der Waals surface area contributed by atoms with Crippen molar-refractivity contribution in [3.05, 3.63) is 59.2 Å². The molecule has 0 fully saturated rings. The Morgan fingerprint density at radius 2 is 1.79 bits per heavy atom. The highest BCUT2D eigenvalue weighted by molar-refractivity contribution is 5.46. The van der Waals surface area contributed by atoms with Gasteiger partial charge >= 0.3 is 0 Å². The van der Waals surface area contributed by atoms with Gasteiger partial charge in [-0.25, -0.2) is 0 Å². The molecule has 1 atom stereocenters. The van der Waals surface area contributed by atoms with E-state index < -0.39 is 0 Å². The number of hydrogen-bond donors (Lipinski definition) is 1. The largest absolute Gasteiger partial charge is 0.454 e. The van der Waals surface area contributed by atoms with Crippen molar-refractivity contribution < 1.29 is 9.47 Å². The quantitative estimate of drug-likeness (QED) is 0.847. The zero-order chi connectivity index (χ0) is 12.7. The molecule has 2 heterocycles. The number of fused-ring (bicyclic) bond motifs is 2. The molecule has 96 valence electrons. The number of rotatable bonds is 1. The Morgan fingerprint density at radius 3 is 2.74 bits per heavy atom. The van der Waals surface area contributed by atoms with Crippen molar-refractivity contribution in [2.75, 3.05) is 6.79 Å². The fourth-order valence-electron chi connectivity index (χ4n) is 2.82. The summed E-state index contributed by atoms with van der Waals surface area (Å²) in [4.78, 5) is 0. The third-order valence-corrected chi connectivity index (χ3v) is 3.88. The Morgan fingerprint density at radius 1 is 0.947 bits per heavy atom. The smallest absolute Gasteiger partial charge is 0.231 e. The van der Waals surface area contributed by atoms with E-state index in [-0.39, 0.29) is 0 Å². The van der Waals surface area contributed by atoms with Gasteiger partial charge in [-0.1, -0.05) is 30.3 Å². The minimum Gasteiger partial charge on any atom is -0.454 e. The van der Waals surface area contributed by atoms with E-state index in [0.29, 0.717) is 12.8 Å². The van der Waals surface area contributed by atoms with E-state index in [2.05, 4.69) is 41.7 Å². The maximum absolute atomic E-state index is 5.45. The van der Waals surface area contributed by atoms with Crippen LogP contribution >= 0.6 is 0 Å². The van der Waals surface area contributed by atoms with Crippen molar-refractivity contribution in [1.29, 1.82) is 0 Å². The number of benzene rings is 2. The molecule has 3 nitrogen and oxygen atoms in total. The highest BCUT2D eigenvalue weighted by atomic mass is 16.7. The summed E-state index contributed by atoms with van der Waals surface area (Å²) in [5.41, 5.74) is 4.10. The van der Waals surface area contributed by atoms with Gasteiger partial charge in [0.25, 0.3) is 0 Å². The van der Waals surface area contributed by atoms with Gasteiger partial charge in [0, 0.05) is 12.6 Å². The summed E-state index contributed by atoms with van der Waals surface area (Å²) in [6.45, 7) is 1.26. The topological polar surface area (TPSA) is 30.5 Å². The van der Waals surface area contributed by atoms with Gasteiger partial charge in [0.15, 0.2) is 11.5 Å². The molecule has 19 heavy (non-hydrogen) atoms. The molecule has 2 aliphatic rings. The lowest BCUT2D eigenvalue weighted by Gasteiger charge is -2.26. The van der Waals surface area contributed by atoms with Crippen molar-refractivity contribution in [3.8, 4) is 11.5 Å². The minimum atomic E-state index is 0.333. The van der Waals surface area contributed by atoms with Gasteiger partial charge in [-0.15, -0.1) is 0 Å². The predicted octanol–water partition coefficient (Wildman–Crippen LogP) is 2.80. The van der Waals surface area contributed by atoms with Crippen molar-refractivity contribution in [3.63, 3.8) is 0 Å². The highest BCUT2D eigenvalue weighted by Crippen LogP contribution is 2.35. The molecular weight excluding hydrogens is 238 g/mol. The van der Waals surface area contributed by atoms with Gasteiger partial charge in [-0.2, -0.15) is 0 Å². The molecule has 0 spiro atoms. The molecule has 0 bridgehead atoms. The van der Waals surface area contributed by atoms with Gasteiger partial charge in [-0.3, -0.25) is 0 Å². The van der Waals surface area contributed by atoms with E-state index in [1.807, 2.05) is 6.07 Å². The van der Waals surface area contributed by atoms with Crippen LogP contribution in [0.3, 0.4) is 0 Å². The maximum Gasteiger partial charge on any atom is 0.231 e. The third kappa shape index (κ3) is 1.87. The Hall–Kier alpha value is -2.00. The highest BCUT2D eigenvalue weighted by Gasteiger charge is 2.21. The van der Waals surface area contributed by atoms with E-state index >= 15 is 0 Å². The minimum absolute atomic E-state index is 0.333. The fourth-order valence-corrected chi connectivity index (χ4v) is 2.82. The maximum atomic E-state index is 5.45. The summed E-state index contributed by atoms with van der Waals surface area (Å²) in [5, 5.41) is 3.59. The van der Waals surface area contributed by atoms with E-state index in [1.165, 1.54) is 16.7 Å². The van der Waals surface area contributed by atoms with Crippen molar-refractivity contribution >= 4 is 0 Å². The van der Waals surface area contributed by atoms with E-state index in [4.69, 9.17) is 9.47 Å². The Balaban J connectivity index is 1.64. The van der Waals surface area contributed by atoms with Gasteiger partial charge in [0.1, 0.15) is 0 Å². The summed E-state index contributed by atoms with van der Waals surface area (Å²) in [5.74, 6) is 1.71. The van der Waals surface area contributed by atoms with Crippen LogP contribution in [0, 0.1) is 0 Å². The molecule has 2 aromatic rings. The first-order valence-electron chi connectivity index (χ1n) is 6.60. The monoisotopic (exact) mass is 253 g/mol. The lowest BCUT2D eigenvalue weighted by atomic mass is 9.92. The second-order valence-corrected chi connectivity index (χ2v) is 5.02. The van der Waals surface area contributed by atoms with Gasteiger partial charge in [0.2, 0.25) is 6.79 Å². The zero-order valence-corrected chi connectivity index (χ0v) is 10.6. The summed E-state index contributed by atoms with van der Waals surface area (Å²) in [6.07, 6.45) is 1.02. The van der Waals surface area contributed by atoms with Crippen molar-refractivity contribution in [2.45, 2.75) is 19.0 Å². The molecule has 0 unspecified atom stereocenters. The molecule has 0 saturated carbocycles. The molecule has 4 rings (SSSR count). The van der Waals surface area contributed by atoms with Gasteiger partial charge in [0.05, 0.1) is 0 Å². The van der Waals surface area contributed by atoms with Crippen LogP contribution in [0.1, 0.15) is 22.7 Å². The summed E-state index contributed by atoms with van der Waals surface area (Å²) < 4.78 is 10.8. The van der Waals surface area contributed by atoms with Crippen LogP contribution in [0.5, 0.6) is 11.5 Å². The lowest BCUT2D eigenvalue weighted by Crippen LogP contribution is -2.28. The van der Waals surface area contributed by atoms with Crippen LogP contribution in [-0.2, 0) is 13.0 Å². The van der Waals surface area contributed by atoms with Crippen LogP contribution in [0.25, 0.3) is 0 Å². The van der Waals surface area contributed by atoms with Gasteiger partial charge < -0.3 is 14.8 Å². The first-order valence-corrected chi connectivity index (χ1v) is 6.60. The normalized spacial score (nSPS) is 20.1. The summed E-state index contributed by atoms with van der Waals surface area (Å²) in [6, 6.07) is 15.2. The van der Waals surface area contributed by atoms with Crippen molar-refractivity contribution in [1.82, 2.24) is 5.32 Å². The molecular formula is C16H15NO2. The molecule has 2 aromatic carbocycles. The molecule has 0 aromatic heterocycles. The molecule has 2 aliphatic heterocycles. The standard InChI is InChI=1S/C16H15NO2/c1-2-4-13-9-17-14(7-11(13)3-1)12-5-6-15-16(8-12)19-10-18-15/h1-6,8,14,17H,7,9-10H2/t14-/m0/s1. The van der Waals surface area contributed by atoms with Crippen LogP contribution in [0.4, 0.5) is 0 Å². The molecule has 1 N–H and O–H groups in total. The van der Waals surface area contributed by atoms with Crippen molar-refractivity contribution in [2.24, 2.45) is 0 Å². The summed E-state index contributed by atoms with van der Waals surface area (Å²) >= 11 is 0. The fraction of sp³-hybridized carbons (Fsp3) is 0.250. The SMILES string of the molecule is c1ccc2c(c1)CN[C@H](c1ccc3c(c1)OCO3)C2. The predicted molar refractivity (Wildman–Crippen MR) is 72.3 cm³/mol. The Bertz CT molecular complexity index is 624. The first-order chi connectivity index (χ1) is 9.40. The first kappa shape index (κ1) is 10.9. The second-order valence-electron chi connectivity index (χ2n) is 5.02. The van der Waals surface area contributed by atoms with Crippen LogP contribution < -0.4 is 14.8 Å². The molecule has 0 aliphatic carbocycles. The third-order valence-electron chi connectivity index (χ3n) is 3.88. The average molecular weight is 253 g/mol. The molecule has 0 radical (unpaired) electrons. The average Bonchev–Trinajstić information content (AvgIpc) is 2.94. The lowest BCUT2D eigenvalue weighted by molar-refractivity contribution is 0.174. The molecule has 0 amide bonds. The Kier molecular flexibility index (Phi) is 2.45. The van der Waals surface area contributed by atoms with E-state index in [1.54, 1.807) is 0 Å². The Labute approximate surface area is 112 Å². The van der Waals surface area contributed by atoms with Crippen LogP contribution in [-0.4, -0.2) is 6.79 Å². The van der Waals surface area contributed by atoms with E-state index in [9.17, 15) is 0 Å². The zero-order valence-electron chi connectivity index (χ0n) is 10.6. The number of ether oxygens (including phenoxy) is 2. The number of nitrogens with one attached hydrogen (secondary N) is 1. The molecule has 0 saturated heterocycles.